The molecule has 0 spiro atoms. The molecule has 0 atom stereocenters. The van der Waals surface area contributed by atoms with Crippen LogP contribution in [0.4, 0.5) is 0 Å². The van der Waals surface area contributed by atoms with Gasteiger partial charge in [0.05, 0.1) is 25.3 Å². The first kappa shape index (κ1) is 16.4. The summed E-state index contributed by atoms with van der Waals surface area (Å²) in [6.07, 6.45) is 0.881. The molecule has 2 amide bonds. The summed E-state index contributed by atoms with van der Waals surface area (Å²) >= 11 is 1.43. The summed E-state index contributed by atoms with van der Waals surface area (Å²) in [6, 6.07) is 0. The summed E-state index contributed by atoms with van der Waals surface area (Å²) in [5, 5.41) is 1.78. The minimum Gasteiger partial charge on any atom is -0.378 e. The second kappa shape index (κ2) is 7.85. The van der Waals surface area contributed by atoms with Gasteiger partial charge < -0.3 is 14.5 Å². The van der Waals surface area contributed by atoms with Crippen molar-refractivity contribution >= 4 is 23.2 Å². The van der Waals surface area contributed by atoms with Crippen molar-refractivity contribution in [1.82, 2.24) is 19.7 Å². The highest BCUT2D eigenvalue weighted by molar-refractivity contribution is 7.07. The van der Waals surface area contributed by atoms with E-state index in [2.05, 4.69) is 9.88 Å². The van der Waals surface area contributed by atoms with E-state index in [0.717, 1.165) is 26.1 Å². The van der Waals surface area contributed by atoms with Crippen molar-refractivity contribution in [2.24, 2.45) is 0 Å². The first-order chi connectivity index (χ1) is 11.2. The Hall–Kier alpha value is -1.51. The smallest absolute Gasteiger partial charge is 0.273 e. The molecule has 2 fully saturated rings. The number of hydrogen-bond acceptors (Lipinski definition) is 6. The van der Waals surface area contributed by atoms with Gasteiger partial charge in [-0.1, -0.05) is 0 Å². The minimum atomic E-state index is -0.00685. The van der Waals surface area contributed by atoms with Gasteiger partial charge in [-0.25, -0.2) is 4.98 Å². The topological polar surface area (TPSA) is 66.0 Å². The van der Waals surface area contributed by atoms with Crippen LogP contribution in [-0.4, -0.2) is 90.5 Å². The van der Waals surface area contributed by atoms with Gasteiger partial charge in [0.15, 0.2) is 0 Å². The standard InChI is InChI=1S/C15H22N4O3S/c20-14(18-6-8-22-9-7-18)10-17-2-1-3-19(5-4-17)15(21)13-11-23-12-16-13/h11-12H,1-10H2. The molecule has 0 N–H and O–H groups in total. The van der Waals surface area contributed by atoms with E-state index in [1.807, 2.05) is 9.80 Å². The highest BCUT2D eigenvalue weighted by Gasteiger charge is 2.24. The van der Waals surface area contributed by atoms with Crippen LogP contribution in [0.3, 0.4) is 0 Å². The molecule has 1 aromatic rings. The van der Waals surface area contributed by atoms with Crippen molar-refractivity contribution in [2.45, 2.75) is 6.42 Å². The molecule has 3 heterocycles. The van der Waals surface area contributed by atoms with E-state index in [4.69, 9.17) is 4.74 Å². The average Bonchev–Trinajstić information content (AvgIpc) is 3.02. The molecule has 0 radical (unpaired) electrons. The first-order valence-electron chi connectivity index (χ1n) is 7.99. The zero-order valence-corrected chi connectivity index (χ0v) is 14.0. The zero-order valence-electron chi connectivity index (χ0n) is 13.1. The van der Waals surface area contributed by atoms with Gasteiger partial charge in [0.25, 0.3) is 5.91 Å². The highest BCUT2D eigenvalue weighted by atomic mass is 32.1. The van der Waals surface area contributed by atoms with E-state index in [-0.39, 0.29) is 11.8 Å². The summed E-state index contributed by atoms with van der Waals surface area (Å²) in [6.45, 7) is 5.98. The van der Waals surface area contributed by atoms with Crippen molar-refractivity contribution in [3.63, 3.8) is 0 Å². The van der Waals surface area contributed by atoms with E-state index < -0.39 is 0 Å². The minimum absolute atomic E-state index is 0.00685. The van der Waals surface area contributed by atoms with Gasteiger partial charge in [0.1, 0.15) is 5.69 Å². The molecule has 0 aromatic carbocycles. The Balaban J connectivity index is 1.50. The summed E-state index contributed by atoms with van der Waals surface area (Å²) < 4.78 is 5.28. The number of hydrogen-bond donors (Lipinski definition) is 0. The Morgan fingerprint density at radius 2 is 1.91 bits per heavy atom. The van der Waals surface area contributed by atoms with Crippen LogP contribution in [0.15, 0.2) is 10.9 Å². The lowest BCUT2D eigenvalue weighted by Crippen LogP contribution is -2.46. The number of nitrogens with zero attached hydrogens (tertiary/aromatic N) is 4. The Morgan fingerprint density at radius 3 is 2.65 bits per heavy atom. The van der Waals surface area contributed by atoms with Gasteiger partial charge in [-0.05, 0) is 6.42 Å². The van der Waals surface area contributed by atoms with Gasteiger partial charge >= 0.3 is 0 Å². The number of carbonyl (C=O) groups excluding carboxylic acids is 2. The number of rotatable bonds is 3. The predicted molar refractivity (Wildman–Crippen MR) is 86.5 cm³/mol. The maximum absolute atomic E-state index is 12.4. The fraction of sp³-hybridized carbons (Fsp3) is 0.667. The van der Waals surface area contributed by atoms with E-state index >= 15 is 0 Å². The highest BCUT2D eigenvalue weighted by Crippen LogP contribution is 2.10. The van der Waals surface area contributed by atoms with Crippen LogP contribution in [0.2, 0.25) is 0 Å². The van der Waals surface area contributed by atoms with Crippen LogP contribution < -0.4 is 0 Å². The Kier molecular flexibility index (Phi) is 5.58. The summed E-state index contributed by atoms with van der Waals surface area (Å²) in [4.78, 5) is 34.6. The first-order valence-corrected chi connectivity index (χ1v) is 8.93. The molecule has 3 rings (SSSR count). The third-order valence-corrected chi connectivity index (χ3v) is 4.84. The van der Waals surface area contributed by atoms with Gasteiger partial charge in [-0.3, -0.25) is 14.5 Å². The fourth-order valence-corrected chi connectivity index (χ4v) is 3.44. The molecular weight excluding hydrogens is 316 g/mol. The molecule has 2 aliphatic heterocycles. The second-order valence-corrected chi connectivity index (χ2v) is 6.51. The van der Waals surface area contributed by atoms with Crippen molar-refractivity contribution < 1.29 is 14.3 Å². The molecule has 0 bridgehead atoms. The molecule has 1 aromatic heterocycles. The van der Waals surface area contributed by atoms with Crippen LogP contribution >= 0.6 is 11.3 Å². The van der Waals surface area contributed by atoms with E-state index in [0.29, 0.717) is 45.1 Å². The Morgan fingerprint density at radius 1 is 1.09 bits per heavy atom. The van der Waals surface area contributed by atoms with Crippen molar-refractivity contribution in [3.05, 3.63) is 16.6 Å². The van der Waals surface area contributed by atoms with Gasteiger partial charge in [0, 0.05) is 44.6 Å². The molecule has 0 saturated carbocycles. The molecule has 23 heavy (non-hydrogen) atoms. The number of thiazole rings is 1. The fourth-order valence-electron chi connectivity index (χ4n) is 2.92. The zero-order chi connectivity index (χ0) is 16.1. The third-order valence-electron chi connectivity index (χ3n) is 4.25. The average molecular weight is 338 g/mol. The van der Waals surface area contributed by atoms with E-state index in [9.17, 15) is 9.59 Å². The Labute approximate surface area is 139 Å². The number of aromatic nitrogens is 1. The predicted octanol–water partition coefficient (Wildman–Crippen LogP) is 0.150. The van der Waals surface area contributed by atoms with Crippen molar-refractivity contribution in [2.75, 3.05) is 59.0 Å². The third kappa shape index (κ3) is 4.27. The number of morpholine rings is 1. The van der Waals surface area contributed by atoms with Gasteiger partial charge in [-0.15, -0.1) is 11.3 Å². The number of ether oxygens (including phenoxy) is 1. The lowest BCUT2D eigenvalue weighted by Gasteiger charge is -2.29. The molecule has 2 saturated heterocycles. The van der Waals surface area contributed by atoms with Gasteiger partial charge in [0.2, 0.25) is 5.91 Å². The van der Waals surface area contributed by atoms with Crippen LogP contribution in [0.25, 0.3) is 0 Å². The molecule has 126 valence electrons. The summed E-state index contributed by atoms with van der Waals surface area (Å²) in [5.41, 5.74) is 2.20. The Bertz CT molecular complexity index is 531. The largest absolute Gasteiger partial charge is 0.378 e. The quantitative estimate of drug-likeness (QED) is 0.785. The molecule has 7 nitrogen and oxygen atoms in total. The summed E-state index contributed by atoms with van der Waals surface area (Å²) in [5.74, 6) is 0.153. The molecule has 0 unspecified atom stereocenters. The lowest BCUT2D eigenvalue weighted by molar-refractivity contribution is -0.136. The van der Waals surface area contributed by atoms with E-state index in [1.54, 1.807) is 10.9 Å². The normalized spacial score (nSPS) is 20.3. The monoisotopic (exact) mass is 338 g/mol. The molecule has 2 aliphatic rings. The molecule has 8 heteroatoms. The number of amides is 2. The summed E-state index contributed by atoms with van der Waals surface area (Å²) in [7, 11) is 0. The van der Waals surface area contributed by atoms with Crippen LogP contribution in [0.5, 0.6) is 0 Å². The van der Waals surface area contributed by atoms with Crippen LogP contribution in [0, 0.1) is 0 Å². The van der Waals surface area contributed by atoms with Gasteiger partial charge in [-0.2, -0.15) is 0 Å². The van der Waals surface area contributed by atoms with Crippen molar-refractivity contribution in [1.29, 1.82) is 0 Å². The van der Waals surface area contributed by atoms with E-state index in [1.165, 1.54) is 11.3 Å². The van der Waals surface area contributed by atoms with Crippen LogP contribution in [0.1, 0.15) is 16.9 Å². The maximum Gasteiger partial charge on any atom is 0.273 e. The molecule has 0 aliphatic carbocycles. The second-order valence-electron chi connectivity index (χ2n) is 5.79. The SMILES string of the molecule is O=C(CN1CCCN(C(=O)c2cscn2)CC1)N1CCOCC1. The maximum atomic E-state index is 12.4. The molecular formula is C15H22N4O3S. The van der Waals surface area contributed by atoms with Crippen LogP contribution in [-0.2, 0) is 9.53 Å². The van der Waals surface area contributed by atoms with Crippen molar-refractivity contribution in [3.8, 4) is 0 Å². The lowest BCUT2D eigenvalue weighted by atomic mass is 10.3. The number of carbonyl (C=O) groups is 2.